The van der Waals surface area contributed by atoms with E-state index in [1.165, 1.54) is 46.7 Å². The molecule has 0 bridgehead atoms. The summed E-state index contributed by atoms with van der Waals surface area (Å²) < 4.78 is 88.4. The van der Waals surface area contributed by atoms with Crippen molar-refractivity contribution in [3.8, 4) is 34.0 Å². The fourth-order valence-electron chi connectivity index (χ4n) is 10.5. The van der Waals surface area contributed by atoms with E-state index in [0.29, 0.717) is 70.8 Å². The molecule has 6 aromatic rings. The first-order chi connectivity index (χ1) is 44.0. The Balaban J connectivity index is 0.000000221. The van der Waals surface area contributed by atoms with E-state index in [4.69, 9.17) is 47.4 Å². The van der Waals surface area contributed by atoms with Crippen LogP contribution in [0.4, 0.5) is 71.9 Å². The quantitative estimate of drug-likeness (QED) is 0.103. The van der Waals surface area contributed by atoms with Gasteiger partial charge in [0.2, 0.25) is 11.8 Å². The largest absolute Gasteiger partial charge is 0.474 e. The van der Waals surface area contributed by atoms with Crippen LogP contribution in [0.25, 0.3) is 43.8 Å². The maximum Gasteiger partial charge on any atom is 0.415 e. The molecule has 4 aromatic heterocycles. The van der Waals surface area contributed by atoms with Crippen LogP contribution in [0, 0.1) is 37.3 Å². The maximum atomic E-state index is 16.6. The fourth-order valence-corrected chi connectivity index (χ4v) is 10.5. The minimum absolute atomic E-state index is 0.0439. The molecule has 0 radical (unpaired) electrons. The lowest BCUT2D eigenvalue weighted by molar-refractivity contribution is 0.0556. The second-order valence-corrected chi connectivity index (χ2v) is 27.1. The molecule has 4 aliphatic heterocycles. The first kappa shape index (κ1) is 68.9. The normalized spacial score (nSPS) is 17.9. The number of nitrogens with one attached hydrogen (secondary N) is 4. The lowest BCUT2D eigenvalue weighted by atomic mass is 9.96. The third-order valence-electron chi connectivity index (χ3n) is 14.7. The summed E-state index contributed by atoms with van der Waals surface area (Å²) in [6, 6.07) is 6.17. The summed E-state index contributed by atoms with van der Waals surface area (Å²) in [6.07, 6.45) is 0.379. The molecule has 4 N–H and O–H groups in total. The number of anilines is 6. The smallest absolute Gasteiger partial charge is 0.415 e. The van der Waals surface area contributed by atoms with E-state index in [2.05, 4.69) is 41.2 Å². The van der Waals surface area contributed by atoms with Crippen molar-refractivity contribution in [3.05, 3.63) is 71.8 Å². The van der Waals surface area contributed by atoms with Crippen molar-refractivity contribution in [2.75, 3.05) is 83.8 Å². The molecule has 8 heterocycles. The number of halogens is 2. The molecule has 94 heavy (non-hydrogen) atoms. The van der Waals surface area contributed by atoms with E-state index in [9.17, 15) is 28.8 Å². The van der Waals surface area contributed by atoms with Gasteiger partial charge in [0.15, 0.2) is 11.6 Å². The predicted molar refractivity (Wildman–Crippen MR) is 345 cm³/mol. The number of ether oxygens (including phenoxy) is 10. The number of carbonyl (C=O) groups excluding carboxylic acids is 6. The highest BCUT2D eigenvalue weighted by Gasteiger charge is 2.36. The second kappa shape index (κ2) is 27.3. The molecule has 2 fully saturated rings. The minimum Gasteiger partial charge on any atom is -0.474 e. The van der Waals surface area contributed by atoms with Crippen LogP contribution in [0.1, 0.15) is 108 Å². The summed E-state index contributed by atoms with van der Waals surface area (Å²) in [5, 5.41) is 11.6. The van der Waals surface area contributed by atoms with E-state index in [1.54, 1.807) is 109 Å². The number of amides is 6. The molecule has 4 aliphatic rings. The number of hydrogen-bond acceptors (Lipinski definition) is 20. The van der Waals surface area contributed by atoms with E-state index < -0.39 is 82.8 Å². The molecule has 2 aromatic carbocycles. The van der Waals surface area contributed by atoms with Gasteiger partial charge in [0.1, 0.15) is 70.8 Å². The molecular weight excluding hydrogens is 1230 g/mol. The zero-order chi connectivity index (χ0) is 68.5. The molecule has 0 aliphatic carbocycles. The van der Waals surface area contributed by atoms with Crippen molar-refractivity contribution in [1.29, 1.82) is 0 Å². The van der Waals surface area contributed by atoms with E-state index in [1.807, 2.05) is 13.8 Å². The number of fused-ring (bicyclic) bond motifs is 4. The molecule has 0 spiro atoms. The number of carbonyl (C=O) groups is 6. The molecule has 26 nitrogen and oxygen atoms in total. The van der Waals surface area contributed by atoms with Gasteiger partial charge < -0.3 is 47.4 Å². The Kier molecular flexibility index (Phi) is 20.0. The van der Waals surface area contributed by atoms with E-state index >= 15 is 8.78 Å². The second-order valence-electron chi connectivity index (χ2n) is 27.1. The fraction of sp³-hybridized carbons (Fsp3) is 0.485. The summed E-state index contributed by atoms with van der Waals surface area (Å²) in [4.78, 5) is 97.7. The lowest BCUT2D eigenvalue weighted by Gasteiger charge is -2.32. The van der Waals surface area contributed by atoms with Gasteiger partial charge in [-0.15, -0.1) is 0 Å². The first-order valence-electron chi connectivity index (χ1n) is 30.6. The van der Waals surface area contributed by atoms with Crippen molar-refractivity contribution in [2.24, 2.45) is 11.8 Å². The summed E-state index contributed by atoms with van der Waals surface area (Å²) in [7, 11) is 0. The van der Waals surface area contributed by atoms with Gasteiger partial charge in [0, 0.05) is 69.6 Å². The Bertz CT molecular complexity index is 3690. The molecule has 2 saturated heterocycles. The molecule has 4 atom stereocenters. The van der Waals surface area contributed by atoms with Crippen LogP contribution in [0.5, 0.6) is 11.8 Å². The maximum absolute atomic E-state index is 16.6. The Hall–Kier alpha value is -9.44. The van der Waals surface area contributed by atoms with Gasteiger partial charge in [-0.05, 0) is 143 Å². The topological polar surface area (TPSA) is 301 Å². The average molecular weight is 1310 g/mol. The van der Waals surface area contributed by atoms with Gasteiger partial charge in [0.05, 0.1) is 50.9 Å². The van der Waals surface area contributed by atoms with Crippen LogP contribution in [0.3, 0.4) is 0 Å². The van der Waals surface area contributed by atoms with Gasteiger partial charge in [-0.2, -0.15) is 0 Å². The third-order valence-corrected chi connectivity index (χ3v) is 14.7. The van der Waals surface area contributed by atoms with Gasteiger partial charge in [-0.25, -0.2) is 57.5 Å². The zero-order valence-electron chi connectivity index (χ0n) is 55.6. The Morgan fingerprint density at radius 1 is 0.479 bits per heavy atom. The molecule has 10 rings (SSSR count). The van der Waals surface area contributed by atoms with Crippen LogP contribution in [-0.2, 0) is 37.9 Å². The van der Waals surface area contributed by atoms with Crippen LogP contribution in [0.2, 0.25) is 0 Å². The number of rotatable bonds is 8. The summed E-state index contributed by atoms with van der Waals surface area (Å²) in [5.41, 5.74) is -1.15. The van der Waals surface area contributed by atoms with Gasteiger partial charge in [-0.3, -0.25) is 31.1 Å². The molecule has 0 unspecified atom stereocenters. The SMILES string of the molecule is Cc1c(-c2cc3cc(NC(=O)O[C@@H]4COC[C@H]4C)ncc3c(NC(=O)OC(C)(C)C)c2F)cnc2c1N(C(=O)OC(C)(C)C)CCO2.Cc1c(-c2cc3cc(NC(=O)O[C@H]4COC[C@@H]4C)ncc3c(NC(=O)OC(C)(C)C)c2F)cnc2c1N(C(=O)OC(C)(C)C)CCO2. The van der Waals surface area contributed by atoms with Crippen LogP contribution < -0.4 is 40.5 Å². The van der Waals surface area contributed by atoms with Crippen LogP contribution in [0.15, 0.2) is 49.1 Å². The Labute approximate surface area is 542 Å². The predicted octanol–water partition coefficient (Wildman–Crippen LogP) is 13.6. The Morgan fingerprint density at radius 2 is 0.840 bits per heavy atom. The van der Waals surface area contributed by atoms with E-state index in [-0.39, 0.29) is 94.8 Å². The molecule has 504 valence electrons. The standard InChI is InChI=1S/2C33H40FN5O8/c2*1-17-15-43-16-23(17)45-29(40)37-24-12-19-11-20(25(34)26(22(19)14-35-24)38-30(41)46-32(3,4)5)21-13-36-28-27(18(21)2)39(9-10-44-28)31(42)47-33(6,7)8/h2*11-14,17,23H,9-10,15-16H2,1-8H3,(H,38,41)(H,35,37,40)/t2*17-,23-/m10/s1. The summed E-state index contributed by atoms with van der Waals surface area (Å²) in [6.45, 7) is 30.4. The molecule has 0 saturated carbocycles. The van der Waals surface area contributed by atoms with Gasteiger partial charge >= 0.3 is 36.6 Å². The third kappa shape index (κ3) is 16.5. The minimum atomic E-state index is -0.877. The summed E-state index contributed by atoms with van der Waals surface area (Å²) in [5.74, 6) is -0.804. The monoisotopic (exact) mass is 1310 g/mol. The van der Waals surface area contributed by atoms with E-state index in [0.717, 1.165) is 0 Å². The van der Waals surface area contributed by atoms with Gasteiger partial charge in [0.25, 0.3) is 0 Å². The first-order valence-corrected chi connectivity index (χ1v) is 30.6. The van der Waals surface area contributed by atoms with Crippen molar-refractivity contribution >= 4 is 92.5 Å². The average Bonchev–Trinajstić information content (AvgIpc) is 0.922. The lowest BCUT2D eigenvalue weighted by Crippen LogP contribution is -2.42. The van der Waals surface area contributed by atoms with Crippen molar-refractivity contribution in [3.63, 3.8) is 0 Å². The van der Waals surface area contributed by atoms with Gasteiger partial charge in [-0.1, -0.05) is 13.8 Å². The zero-order valence-corrected chi connectivity index (χ0v) is 55.6. The highest BCUT2D eigenvalue weighted by molar-refractivity contribution is 6.07. The highest BCUT2D eigenvalue weighted by atomic mass is 19.1. The van der Waals surface area contributed by atoms with Crippen LogP contribution in [-0.4, -0.2) is 144 Å². The number of pyridine rings is 4. The highest BCUT2D eigenvalue weighted by Crippen LogP contribution is 2.45. The number of nitrogens with zero attached hydrogens (tertiary/aromatic N) is 6. The number of hydrogen-bond donors (Lipinski definition) is 4. The molecular formula is C66H80F2N10O16. The molecule has 6 amide bonds. The Morgan fingerprint density at radius 3 is 1.17 bits per heavy atom. The van der Waals surface area contributed by atoms with Crippen LogP contribution >= 0.6 is 0 Å². The molecule has 28 heteroatoms. The van der Waals surface area contributed by atoms with Crippen molar-refractivity contribution < 1.29 is 84.9 Å². The summed E-state index contributed by atoms with van der Waals surface area (Å²) >= 11 is 0. The number of aromatic nitrogens is 4. The van der Waals surface area contributed by atoms with Crippen molar-refractivity contribution in [2.45, 2.75) is 145 Å². The number of benzene rings is 2. The van der Waals surface area contributed by atoms with Crippen molar-refractivity contribution in [1.82, 2.24) is 19.9 Å².